The molecule has 1 aliphatic heterocycles. The van der Waals surface area contributed by atoms with Gasteiger partial charge in [0, 0.05) is 31.7 Å². The average Bonchev–Trinajstić information content (AvgIpc) is 2.40. The number of hydrogen-bond donors (Lipinski definition) is 1. The maximum atomic E-state index is 11.6. The summed E-state index contributed by atoms with van der Waals surface area (Å²) < 4.78 is 0. The van der Waals surface area contributed by atoms with Crippen molar-refractivity contribution >= 4 is 5.97 Å². The zero-order chi connectivity index (χ0) is 14.8. The maximum Gasteiger partial charge on any atom is 0.312 e. The van der Waals surface area contributed by atoms with Crippen LogP contribution in [0.15, 0.2) is 30.3 Å². The third kappa shape index (κ3) is 3.38. The van der Waals surface area contributed by atoms with E-state index in [9.17, 15) is 9.90 Å². The van der Waals surface area contributed by atoms with Gasteiger partial charge in [0.25, 0.3) is 0 Å². The van der Waals surface area contributed by atoms with Gasteiger partial charge in [-0.2, -0.15) is 0 Å². The molecule has 4 heteroatoms. The van der Waals surface area contributed by atoms with Crippen LogP contribution in [-0.4, -0.2) is 59.6 Å². The Morgan fingerprint density at radius 3 is 2.50 bits per heavy atom. The van der Waals surface area contributed by atoms with Crippen molar-refractivity contribution in [2.24, 2.45) is 0 Å². The van der Waals surface area contributed by atoms with E-state index >= 15 is 0 Å². The standard InChI is InChI=1S/C16H24N2O2/c1-16(2)12-18(10-9-17(16)3)11-14(15(19)20)13-7-5-4-6-8-13/h4-8,14H,9-12H2,1-3H3,(H,19,20). The molecule has 1 saturated heterocycles. The lowest BCUT2D eigenvalue weighted by Gasteiger charge is -2.46. The van der Waals surface area contributed by atoms with Crippen LogP contribution < -0.4 is 0 Å². The fraction of sp³-hybridized carbons (Fsp3) is 0.562. The van der Waals surface area contributed by atoms with Crippen molar-refractivity contribution in [3.05, 3.63) is 35.9 Å². The molecule has 0 aromatic heterocycles. The molecule has 1 heterocycles. The van der Waals surface area contributed by atoms with Crippen LogP contribution in [0.3, 0.4) is 0 Å². The van der Waals surface area contributed by atoms with Crippen molar-refractivity contribution in [3.63, 3.8) is 0 Å². The molecule has 2 rings (SSSR count). The quantitative estimate of drug-likeness (QED) is 0.912. The number of rotatable bonds is 4. The first kappa shape index (κ1) is 15.0. The minimum absolute atomic E-state index is 0.0952. The molecule has 0 radical (unpaired) electrons. The molecule has 1 fully saturated rings. The van der Waals surface area contributed by atoms with Crippen molar-refractivity contribution in [2.75, 3.05) is 33.2 Å². The molecular formula is C16H24N2O2. The van der Waals surface area contributed by atoms with E-state index in [-0.39, 0.29) is 5.54 Å². The number of carboxylic acids is 1. The molecule has 1 N–H and O–H groups in total. The number of benzene rings is 1. The minimum atomic E-state index is -0.743. The van der Waals surface area contributed by atoms with Gasteiger partial charge >= 0.3 is 5.97 Å². The highest BCUT2D eigenvalue weighted by Gasteiger charge is 2.33. The van der Waals surface area contributed by atoms with Crippen LogP contribution in [0, 0.1) is 0 Å². The first-order valence-corrected chi connectivity index (χ1v) is 7.11. The molecule has 110 valence electrons. The first-order chi connectivity index (χ1) is 9.40. The minimum Gasteiger partial charge on any atom is -0.481 e. The van der Waals surface area contributed by atoms with Gasteiger partial charge < -0.3 is 5.11 Å². The monoisotopic (exact) mass is 276 g/mol. The van der Waals surface area contributed by atoms with Gasteiger partial charge in [-0.15, -0.1) is 0 Å². The average molecular weight is 276 g/mol. The molecule has 0 bridgehead atoms. The number of hydrogen-bond acceptors (Lipinski definition) is 3. The first-order valence-electron chi connectivity index (χ1n) is 7.11. The Hall–Kier alpha value is -1.39. The SMILES string of the molecule is CN1CCN(CC(C(=O)O)c2ccccc2)CC1(C)C. The number of likely N-dealkylation sites (N-methyl/N-ethyl adjacent to an activating group) is 1. The second-order valence-corrected chi connectivity index (χ2v) is 6.27. The summed E-state index contributed by atoms with van der Waals surface area (Å²) in [6, 6.07) is 9.53. The van der Waals surface area contributed by atoms with E-state index in [1.807, 2.05) is 30.3 Å². The van der Waals surface area contributed by atoms with Gasteiger partial charge in [0.2, 0.25) is 0 Å². The predicted octanol–water partition coefficient (Wildman–Crippen LogP) is 1.88. The van der Waals surface area contributed by atoms with Crippen molar-refractivity contribution in [1.82, 2.24) is 9.80 Å². The summed E-state index contributed by atoms with van der Waals surface area (Å²) in [4.78, 5) is 16.2. The number of carbonyl (C=O) groups is 1. The second kappa shape index (κ2) is 5.94. The van der Waals surface area contributed by atoms with Gasteiger partial charge in [-0.05, 0) is 26.5 Å². The van der Waals surface area contributed by atoms with Crippen LogP contribution in [0.25, 0.3) is 0 Å². The zero-order valence-corrected chi connectivity index (χ0v) is 12.5. The van der Waals surface area contributed by atoms with E-state index in [4.69, 9.17) is 0 Å². The number of piperazine rings is 1. The van der Waals surface area contributed by atoms with E-state index < -0.39 is 11.9 Å². The third-order valence-electron chi connectivity index (χ3n) is 4.34. The van der Waals surface area contributed by atoms with Crippen LogP contribution >= 0.6 is 0 Å². The summed E-state index contributed by atoms with van der Waals surface area (Å²) in [6.07, 6.45) is 0. The van der Waals surface area contributed by atoms with Gasteiger partial charge in [0.15, 0.2) is 0 Å². The second-order valence-electron chi connectivity index (χ2n) is 6.27. The Morgan fingerprint density at radius 2 is 1.95 bits per heavy atom. The summed E-state index contributed by atoms with van der Waals surface area (Å²) in [6.45, 7) is 7.80. The van der Waals surface area contributed by atoms with E-state index in [0.29, 0.717) is 6.54 Å². The summed E-state index contributed by atoms with van der Waals surface area (Å²) in [7, 11) is 2.13. The Balaban J connectivity index is 2.08. The van der Waals surface area contributed by atoms with Crippen LogP contribution in [-0.2, 0) is 4.79 Å². The Labute approximate surface area is 121 Å². The summed E-state index contributed by atoms with van der Waals surface area (Å²) in [5.41, 5.74) is 0.981. The van der Waals surface area contributed by atoms with Gasteiger partial charge in [-0.25, -0.2) is 0 Å². The smallest absolute Gasteiger partial charge is 0.312 e. The highest BCUT2D eigenvalue weighted by molar-refractivity contribution is 5.76. The number of carboxylic acid groups (broad SMARTS) is 1. The Bertz CT molecular complexity index is 459. The predicted molar refractivity (Wildman–Crippen MR) is 80.0 cm³/mol. The van der Waals surface area contributed by atoms with Crippen molar-refractivity contribution < 1.29 is 9.90 Å². The lowest BCUT2D eigenvalue weighted by Crippen LogP contribution is -2.58. The fourth-order valence-electron chi connectivity index (χ4n) is 2.77. The molecule has 0 aliphatic carbocycles. The van der Waals surface area contributed by atoms with E-state index in [2.05, 4.69) is 30.7 Å². The molecule has 20 heavy (non-hydrogen) atoms. The van der Waals surface area contributed by atoms with Gasteiger partial charge in [-0.1, -0.05) is 30.3 Å². The van der Waals surface area contributed by atoms with Crippen LogP contribution in [0.1, 0.15) is 25.3 Å². The number of nitrogens with zero attached hydrogens (tertiary/aromatic N) is 2. The molecule has 1 aliphatic rings. The Morgan fingerprint density at radius 1 is 1.30 bits per heavy atom. The fourth-order valence-corrected chi connectivity index (χ4v) is 2.77. The van der Waals surface area contributed by atoms with E-state index in [1.165, 1.54) is 0 Å². The summed E-state index contributed by atoms with van der Waals surface area (Å²) in [5.74, 6) is -1.19. The van der Waals surface area contributed by atoms with Gasteiger partial charge in [-0.3, -0.25) is 14.6 Å². The molecule has 1 aromatic rings. The molecule has 1 unspecified atom stereocenters. The summed E-state index contributed by atoms with van der Waals surface area (Å²) >= 11 is 0. The van der Waals surface area contributed by atoms with Crippen molar-refractivity contribution in [1.29, 1.82) is 0 Å². The zero-order valence-electron chi connectivity index (χ0n) is 12.5. The van der Waals surface area contributed by atoms with E-state index in [0.717, 1.165) is 25.2 Å². The highest BCUT2D eigenvalue weighted by Crippen LogP contribution is 2.23. The van der Waals surface area contributed by atoms with Crippen LogP contribution in [0.4, 0.5) is 0 Å². The largest absolute Gasteiger partial charge is 0.481 e. The van der Waals surface area contributed by atoms with Crippen LogP contribution in [0.2, 0.25) is 0 Å². The molecule has 0 amide bonds. The maximum absolute atomic E-state index is 11.6. The molecule has 1 atom stereocenters. The molecule has 0 spiro atoms. The highest BCUT2D eigenvalue weighted by atomic mass is 16.4. The van der Waals surface area contributed by atoms with Crippen molar-refractivity contribution in [2.45, 2.75) is 25.3 Å². The third-order valence-corrected chi connectivity index (χ3v) is 4.34. The normalized spacial score (nSPS) is 21.6. The summed E-state index contributed by atoms with van der Waals surface area (Å²) in [5, 5.41) is 9.50. The van der Waals surface area contributed by atoms with Crippen molar-refractivity contribution in [3.8, 4) is 0 Å². The molecule has 0 saturated carbocycles. The molecule has 4 nitrogen and oxygen atoms in total. The molecular weight excluding hydrogens is 252 g/mol. The van der Waals surface area contributed by atoms with Gasteiger partial charge in [0.05, 0.1) is 5.92 Å². The Kier molecular flexibility index (Phi) is 4.45. The van der Waals surface area contributed by atoms with E-state index in [1.54, 1.807) is 0 Å². The molecule has 1 aromatic carbocycles. The van der Waals surface area contributed by atoms with Gasteiger partial charge in [0.1, 0.15) is 0 Å². The number of aliphatic carboxylic acids is 1. The lowest BCUT2D eigenvalue weighted by atomic mass is 9.95. The topological polar surface area (TPSA) is 43.8 Å². The van der Waals surface area contributed by atoms with Crippen LogP contribution in [0.5, 0.6) is 0 Å². The lowest BCUT2D eigenvalue weighted by molar-refractivity contribution is -0.139.